The number of nitrogens with one attached hydrogen (secondary N) is 1. The van der Waals surface area contributed by atoms with E-state index in [2.05, 4.69) is 4.42 Å². The number of carboxylic acids is 1. The van der Waals surface area contributed by atoms with Gasteiger partial charge in [-0.3, -0.25) is 0 Å². The van der Waals surface area contributed by atoms with Crippen LogP contribution in [0.3, 0.4) is 0 Å². The van der Waals surface area contributed by atoms with E-state index in [-0.39, 0.29) is 0 Å². The topological polar surface area (TPSA) is 96.6 Å². The third-order valence-electron chi connectivity index (χ3n) is 2.84. The van der Waals surface area contributed by atoms with Crippen LogP contribution >= 0.6 is 0 Å². The van der Waals surface area contributed by atoms with E-state index < -0.39 is 50.5 Å². The second-order valence-electron chi connectivity index (χ2n) is 4.46. The lowest BCUT2D eigenvalue weighted by Crippen LogP contribution is -2.35. The molecule has 1 heterocycles. The molecule has 124 valence electrons. The van der Waals surface area contributed by atoms with Crippen LogP contribution < -0.4 is 4.72 Å². The lowest BCUT2D eigenvalue weighted by molar-refractivity contribution is 0.00179. The van der Waals surface area contributed by atoms with Crippen molar-refractivity contribution in [3.05, 3.63) is 53.7 Å². The van der Waals surface area contributed by atoms with Crippen LogP contribution in [-0.4, -0.2) is 26.0 Å². The number of carboxylic acid groups (broad SMARTS) is 1. The van der Waals surface area contributed by atoms with Gasteiger partial charge >= 0.3 is 5.97 Å². The van der Waals surface area contributed by atoms with Crippen molar-refractivity contribution in [3.8, 4) is 0 Å². The molecular formula is C13H10F3NO5S. The highest BCUT2D eigenvalue weighted by molar-refractivity contribution is 7.89. The maximum absolute atomic E-state index is 13.9. The number of carbonyl (C=O) groups is 1. The Morgan fingerprint density at radius 3 is 2.61 bits per heavy atom. The summed E-state index contributed by atoms with van der Waals surface area (Å²) in [4.78, 5) is 10.0. The Morgan fingerprint density at radius 2 is 2.00 bits per heavy atom. The average Bonchev–Trinajstić information content (AvgIpc) is 2.96. The minimum absolute atomic E-state index is 0.578. The fourth-order valence-electron chi connectivity index (χ4n) is 1.75. The van der Waals surface area contributed by atoms with E-state index >= 15 is 0 Å². The highest BCUT2D eigenvalue weighted by Crippen LogP contribution is 2.28. The van der Waals surface area contributed by atoms with Gasteiger partial charge in [-0.1, -0.05) is 12.1 Å². The molecule has 23 heavy (non-hydrogen) atoms. The Bertz CT molecular complexity index is 832. The van der Waals surface area contributed by atoms with Gasteiger partial charge in [-0.2, -0.15) is 8.78 Å². The van der Waals surface area contributed by atoms with Gasteiger partial charge in [0.25, 0.3) is 5.92 Å². The first-order valence-corrected chi connectivity index (χ1v) is 7.56. The molecule has 2 N–H and O–H groups in total. The minimum atomic E-state index is -4.54. The van der Waals surface area contributed by atoms with E-state index in [0.29, 0.717) is 6.07 Å². The quantitative estimate of drug-likeness (QED) is 0.833. The van der Waals surface area contributed by atoms with Gasteiger partial charge in [-0.15, -0.1) is 0 Å². The lowest BCUT2D eigenvalue weighted by atomic mass is 10.1. The van der Waals surface area contributed by atoms with Crippen LogP contribution in [0.4, 0.5) is 13.2 Å². The fraction of sp³-hybridized carbons (Fsp3) is 0.154. The number of furan rings is 1. The third-order valence-corrected chi connectivity index (χ3v) is 4.27. The molecule has 6 nitrogen and oxygen atoms in total. The van der Waals surface area contributed by atoms with Gasteiger partial charge in [0.1, 0.15) is 10.7 Å². The van der Waals surface area contributed by atoms with Crippen LogP contribution in [0.1, 0.15) is 16.1 Å². The Hall–Kier alpha value is -2.33. The van der Waals surface area contributed by atoms with E-state index in [4.69, 9.17) is 5.11 Å². The molecule has 0 saturated carbocycles. The number of halogens is 3. The Morgan fingerprint density at radius 1 is 1.30 bits per heavy atom. The number of hydrogen-bond donors (Lipinski definition) is 2. The molecule has 0 bridgehead atoms. The summed E-state index contributed by atoms with van der Waals surface area (Å²) >= 11 is 0. The minimum Gasteiger partial charge on any atom is -0.475 e. The standard InChI is InChI=1S/C13H10F3NO5S/c14-9-3-1-2-8(6-9)13(15,16)7-17-23(20,21)10-4-5-22-11(10)12(18)19/h1-6,17H,7H2,(H,18,19). The predicted octanol–water partition coefficient (Wildman–Crippen LogP) is 2.19. The van der Waals surface area contributed by atoms with Crippen molar-refractivity contribution >= 4 is 16.0 Å². The second kappa shape index (κ2) is 6.05. The van der Waals surface area contributed by atoms with E-state index in [0.717, 1.165) is 30.5 Å². The van der Waals surface area contributed by atoms with Crippen molar-refractivity contribution < 1.29 is 35.9 Å². The Labute approximate surface area is 128 Å². The molecule has 0 atom stereocenters. The molecule has 0 amide bonds. The van der Waals surface area contributed by atoms with Crippen molar-refractivity contribution in [3.63, 3.8) is 0 Å². The van der Waals surface area contributed by atoms with Gasteiger partial charge in [0, 0.05) is 5.56 Å². The second-order valence-corrected chi connectivity index (χ2v) is 6.19. The van der Waals surface area contributed by atoms with Gasteiger partial charge in [-0.25, -0.2) is 22.3 Å². The molecule has 0 fully saturated rings. The normalized spacial score (nSPS) is 12.3. The molecule has 0 unspecified atom stereocenters. The summed E-state index contributed by atoms with van der Waals surface area (Å²) < 4.78 is 70.8. The number of sulfonamides is 1. The van der Waals surface area contributed by atoms with E-state index in [1.54, 1.807) is 4.72 Å². The average molecular weight is 349 g/mol. The molecule has 2 rings (SSSR count). The first-order chi connectivity index (χ1) is 10.6. The summed E-state index contributed by atoms with van der Waals surface area (Å²) in [7, 11) is -4.54. The van der Waals surface area contributed by atoms with Crippen LogP contribution in [0.2, 0.25) is 0 Å². The maximum atomic E-state index is 13.9. The number of hydrogen-bond acceptors (Lipinski definition) is 4. The molecule has 0 spiro atoms. The van der Waals surface area contributed by atoms with Crippen LogP contribution in [0.25, 0.3) is 0 Å². The third kappa shape index (κ3) is 3.71. The molecule has 0 aliphatic rings. The molecule has 2 aromatic rings. The molecule has 1 aromatic carbocycles. The summed E-state index contributed by atoms with van der Waals surface area (Å²) in [5.41, 5.74) is -0.717. The predicted molar refractivity (Wildman–Crippen MR) is 71.1 cm³/mol. The Balaban J connectivity index is 2.22. The summed E-state index contributed by atoms with van der Waals surface area (Å²) in [6.07, 6.45) is 0.808. The van der Waals surface area contributed by atoms with Crippen molar-refractivity contribution in [2.45, 2.75) is 10.8 Å². The van der Waals surface area contributed by atoms with E-state index in [1.807, 2.05) is 0 Å². The SMILES string of the molecule is O=C(O)c1occc1S(=O)(=O)NCC(F)(F)c1cccc(F)c1. The highest BCUT2D eigenvalue weighted by Gasteiger charge is 2.35. The number of rotatable bonds is 6. The Kier molecular flexibility index (Phi) is 4.48. The van der Waals surface area contributed by atoms with Crippen molar-refractivity contribution in [2.24, 2.45) is 0 Å². The number of benzene rings is 1. The van der Waals surface area contributed by atoms with Gasteiger partial charge in [-0.05, 0) is 18.2 Å². The molecule has 0 saturated heterocycles. The van der Waals surface area contributed by atoms with Crippen molar-refractivity contribution in [1.29, 1.82) is 0 Å². The van der Waals surface area contributed by atoms with Gasteiger partial charge in [0.2, 0.25) is 15.8 Å². The first-order valence-electron chi connectivity index (χ1n) is 6.08. The summed E-state index contributed by atoms with van der Waals surface area (Å²) in [6, 6.07) is 4.37. The van der Waals surface area contributed by atoms with E-state index in [9.17, 15) is 26.4 Å². The molecular weight excluding hydrogens is 339 g/mol. The largest absolute Gasteiger partial charge is 0.475 e. The van der Waals surface area contributed by atoms with E-state index in [1.165, 1.54) is 0 Å². The summed E-state index contributed by atoms with van der Waals surface area (Å²) in [5, 5.41) is 8.78. The molecule has 0 radical (unpaired) electrons. The zero-order valence-electron chi connectivity index (χ0n) is 11.3. The van der Waals surface area contributed by atoms with Crippen molar-refractivity contribution in [1.82, 2.24) is 4.72 Å². The smallest absolute Gasteiger partial charge is 0.373 e. The molecule has 0 aliphatic heterocycles. The number of aromatic carboxylic acids is 1. The van der Waals surface area contributed by atoms with Crippen LogP contribution in [0.15, 0.2) is 45.9 Å². The lowest BCUT2D eigenvalue weighted by Gasteiger charge is -2.17. The molecule has 1 aromatic heterocycles. The zero-order chi connectivity index (χ0) is 17.3. The maximum Gasteiger partial charge on any atom is 0.373 e. The fourth-order valence-corrected chi connectivity index (χ4v) is 2.89. The van der Waals surface area contributed by atoms with Crippen LogP contribution in [0, 0.1) is 5.82 Å². The van der Waals surface area contributed by atoms with Gasteiger partial charge in [0.05, 0.1) is 12.8 Å². The van der Waals surface area contributed by atoms with Crippen LogP contribution in [-0.2, 0) is 15.9 Å². The summed E-state index contributed by atoms with van der Waals surface area (Å²) in [6.45, 7) is -1.37. The van der Waals surface area contributed by atoms with Gasteiger partial charge in [0.15, 0.2) is 0 Å². The number of alkyl halides is 2. The monoisotopic (exact) mass is 349 g/mol. The molecule has 0 aliphatic carbocycles. The first kappa shape index (κ1) is 17.0. The van der Waals surface area contributed by atoms with Crippen LogP contribution in [0.5, 0.6) is 0 Å². The van der Waals surface area contributed by atoms with Crippen molar-refractivity contribution in [2.75, 3.05) is 6.54 Å². The molecule has 10 heteroatoms. The zero-order valence-corrected chi connectivity index (χ0v) is 12.1. The summed E-state index contributed by atoms with van der Waals surface area (Å²) in [5.74, 6) is -7.14. The van der Waals surface area contributed by atoms with Gasteiger partial charge < -0.3 is 9.52 Å². The highest BCUT2D eigenvalue weighted by atomic mass is 32.2.